The summed E-state index contributed by atoms with van der Waals surface area (Å²) in [6, 6.07) is 9.69. The first-order valence-corrected chi connectivity index (χ1v) is 6.71. The van der Waals surface area contributed by atoms with Gasteiger partial charge in [0.15, 0.2) is 0 Å². The summed E-state index contributed by atoms with van der Waals surface area (Å²) in [5, 5.41) is 22.1. The van der Waals surface area contributed by atoms with Crippen LogP contribution in [0.15, 0.2) is 34.0 Å². The van der Waals surface area contributed by atoms with Gasteiger partial charge in [0.25, 0.3) is 0 Å². The number of aromatic nitrogens is 1. The fourth-order valence-corrected chi connectivity index (χ4v) is 2.59. The summed E-state index contributed by atoms with van der Waals surface area (Å²) in [6.45, 7) is 0. The van der Waals surface area contributed by atoms with Crippen LogP contribution in [-0.2, 0) is 0 Å². The van der Waals surface area contributed by atoms with Gasteiger partial charge in [0.2, 0.25) is 0 Å². The van der Waals surface area contributed by atoms with E-state index in [1.165, 1.54) is 11.8 Å². The summed E-state index contributed by atoms with van der Waals surface area (Å²) in [4.78, 5) is 4.42. The average Bonchev–Trinajstić information content (AvgIpc) is 2.89. The number of rotatable bonds is 3. The van der Waals surface area contributed by atoms with Crippen molar-refractivity contribution in [1.29, 1.82) is 10.5 Å². The largest absolute Gasteiger partial charge is 0.240 e. The number of hydrogen-bond donors (Lipinski definition) is 0. The molecule has 82 valence electrons. The van der Waals surface area contributed by atoms with Crippen LogP contribution in [0.5, 0.6) is 0 Å². The molecular weight excluding hydrogens is 250 g/mol. The third-order valence-electron chi connectivity index (χ3n) is 2.07. The van der Waals surface area contributed by atoms with Gasteiger partial charge in [-0.05, 0) is 23.6 Å². The lowest BCUT2D eigenvalue weighted by Crippen LogP contribution is -1.90. The van der Waals surface area contributed by atoms with Crippen molar-refractivity contribution in [2.24, 2.45) is 0 Å². The van der Waals surface area contributed by atoms with E-state index in [1.54, 1.807) is 17.4 Å². The maximum atomic E-state index is 8.96. The molecule has 0 fully saturated rings. The minimum atomic E-state index is 0.300. The molecule has 2 aromatic rings. The molecule has 0 unspecified atom stereocenters. The van der Waals surface area contributed by atoms with Gasteiger partial charge in [-0.2, -0.15) is 21.9 Å². The van der Waals surface area contributed by atoms with Gasteiger partial charge in [-0.25, -0.2) is 4.98 Å². The van der Waals surface area contributed by atoms with Crippen molar-refractivity contribution in [1.82, 2.24) is 4.98 Å². The van der Waals surface area contributed by atoms with Gasteiger partial charge < -0.3 is 0 Å². The van der Waals surface area contributed by atoms with Gasteiger partial charge in [0.05, 0.1) is 23.1 Å². The Morgan fingerprint density at radius 3 is 2.82 bits per heavy atom. The molecule has 2 rings (SSSR count). The van der Waals surface area contributed by atoms with Crippen LogP contribution in [0.3, 0.4) is 0 Å². The van der Waals surface area contributed by atoms with E-state index in [0.29, 0.717) is 16.3 Å². The van der Waals surface area contributed by atoms with E-state index in [4.69, 9.17) is 10.5 Å². The van der Waals surface area contributed by atoms with Gasteiger partial charge in [-0.15, -0.1) is 0 Å². The van der Waals surface area contributed by atoms with E-state index in [0.717, 1.165) is 11.3 Å². The molecule has 3 nitrogen and oxygen atoms in total. The zero-order valence-electron chi connectivity index (χ0n) is 8.75. The van der Waals surface area contributed by atoms with Crippen LogP contribution < -0.4 is 0 Å². The van der Waals surface area contributed by atoms with Crippen molar-refractivity contribution in [3.05, 3.63) is 34.5 Å². The Morgan fingerprint density at radius 1 is 1.29 bits per heavy atom. The van der Waals surface area contributed by atoms with Crippen LogP contribution in [-0.4, -0.2) is 10.7 Å². The van der Waals surface area contributed by atoms with Crippen molar-refractivity contribution in [2.75, 3.05) is 5.75 Å². The number of hydrogen-bond acceptors (Lipinski definition) is 5. The number of thiophene rings is 1. The molecule has 0 N–H and O–H groups in total. The number of nitrogens with zero attached hydrogens (tertiary/aromatic N) is 3. The first-order valence-electron chi connectivity index (χ1n) is 4.78. The molecular formula is C12H7N3S2. The summed E-state index contributed by atoms with van der Waals surface area (Å²) in [6.07, 6.45) is 0. The molecule has 0 saturated carbocycles. The number of pyridine rings is 1. The standard InChI is InChI=1S/C12H7N3S2/c13-4-6-17-12-9(7-14)1-2-11(15-12)10-3-5-16-8-10/h1-3,5,8H,6H2. The molecule has 0 aliphatic heterocycles. The fraction of sp³-hybridized carbons (Fsp3) is 0.0833. The predicted molar refractivity (Wildman–Crippen MR) is 68.6 cm³/mol. The molecule has 5 heteroatoms. The zero-order chi connectivity index (χ0) is 12.1. The second-order valence-electron chi connectivity index (χ2n) is 3.12. The molecule has 0 radical (unpaired) electrons. The summed E-state index contributed by atoms with van der Waals surface area (Å²) in [7, 11) is 0. The first-order chi connectivity index (χ1) is 8.35. The summed E-state index contributed by atoms with van der Waals surface area (Å²) in [5.41, 5.74) is 2.40. The van der Waals surface area contributed by atoms with Gasteiger partial charge in [0.1, 0.15) is 11.1 Å². The molecule has 0 aromatic carbocycles. The van der Waals surface area contributed by atoms with Crippen LogP contribution in [0.1, 0.15) is 5.56 Å². The molecule has 17 heavy (non-hydrogen) atoms. The summed E-state index contributed by atoms with van der Waals surface area (Å²) < 4.78 is 0. The Labute approximate surface area is 107 Å². The molecule has 0 atom stereocenters. The summed E-state index contributed by atoms with van der Waals surface area (Å²) in [5.74, 6) is 0.300. The molecule has 0 spiro atoms. The van der Waals surface area contributed by atoms with Gasteiger partial charge in [-0.3, -0.25) is 0 Å². The maximum absolute atomic E-state index is 8.96. The molecule has 2 heterocycles. The van der Waals surface area contributed by atoms with E-state index in [-0.39, 0.29) is 0 Å². The molecule has 0 bridgehead atoms. The van der Waals surface area contributed by atoms with E-state index >= 15 is 0 Å². The van der Waals surface area contributed by atoms with Crippen molar-refractivity contribution in [3.63, 3.8) is 0 Å². The highest BCUT2D eigenvalue weighted by atomic mass is 32.2. The van der Waals surface area contributed by atoms with Crippen LogP contribution >= 0.6 is 23.1 Å². The van der Waals surface area contributed by atoms with Gasteiger partial charge in [-0.1, -0.05) is 11.8 Å². The SMILES string of the molecule is N#CCSc1nc(-c2ccsc2)ccc1C#N. The number of thioether (sulfide) groups is 1. The molecule has 0 saturated heterocycles. The molecule has 0 aliphatic rings. The van der Waals surface area contributed by atoms with Crippen LogP contribution in [0, 0.1) is 22.7 Å². The van der Waals surface area contributed by atoms with E-state index in [9.17, 15) is 0 Å². The minimum absolute atomic E-state index is 0.300. The zero-order valence-corrected chi connectivity index (χ0v) is 10.4. The van der Waals surface area contributed by atoms with Crippen molar-refractivity contribution >= 4 is 23.1 Å². The van der Waals surface area contributed by atoms with Gasteiger partial charge >= 0.3 is 0 Å². The maximum Gasteiger partial charge on any atom is 0.116 e. The highest BCUT2D eigenvalue weighted by Crippen LogP contribution is 2.26. The van der Waals surface area contributed by atoms with E-state index in [2.05, 4.69) is 11.1 Å². The van der Waals surface area contributed by atoms with Crippen LogP contribution in [0.4, 0.5) is 0 Å². The Balaban J connectivity index is 2.39. The lowest BCUT2D eigenvalue weighted by Gasteiger charge is -2.03. The second-order valence-corrected chi connectivity index (χ2v) is 4.86. The van der Waals surface area contributed by atoms with Crippen LogP contribution in [0.2, 0.25) is 0 Å². The highest BCUT2D eigenvalue weighted by Gasteiger charge is 2.07. The topological polar surface area (TPSA) is 60.5 Å². The van der Waals surface area contributed by atoms with Crippen LogP contribution in [0.25, 0.3) is 11.3 Å². The lowest BCUT2D eigenvalue weighted by atomic mass is 10.2. The van der Waals surface area contributed by atoms with Crippen molar-refractivity contribution in [3.8, 4) is 23.4 Å². The molecule has 0 amide bonds. The second kappa shape index (κ2) is 5.49. The Kier molecular flexibility index (Phi) is 3.77. The summed E-state index contributed by atoms with van der Waals surface area (Å²) >= 11 is 2.90. The monoisotopic (exact) mass is 257 g/mol. The third-order valence-corrected chi connectivity index (χ3v) is 3.61. The smallest absolute Gasteiger partial charge is 0.116 e. The fourth-order valence-electron chi connectivity index (χ4n) is 1.31. The average molecular weight is 257 g/mol. The minimum Gasteiger partial charge on any atom is -0.240 e. The molecule has 0 aliphatic carbocycles. The normalized spacial score (nSPS) is 9.53. The third kappa shape index (κ3) is 2.65. The van der Waals surface area contributed by atoms with E-state index in [1.807, 2.05) is 29.0 Å². The highest BCUT2D eigenvalue weighted by molar-refractivity contribution is 7.99. The number of nitriles is 2. The Hall–Kier alpha value is -1.82. The first kappa shape index (κ1) is 11.7. The predicted octanol–water partition coefficient (Wildman–Crippen LogP) is 3.30. The lowest BCUT2D eigenvalue weighted by molar-refractivity contribution is 1.12. The van der Waals surface area contributed by atoms with E-state index < -0.39 is 0 Å². The Morgan fingerprint density at radius 2 is 2.18 bits per heavy atom. The van der Waals surface area contributed by atoms with Gasteiger partial charge in [0, 0.05) is 10.9 Å². The Bertz CT molecular complexity index is 591. The quantitative estimate of drug-likeness (QED) is 0.791. The molecule has 2 aromatic heterocycles. The van der Waals surface area contributed by atoms with Crippen molar-refractivity contribution in [2.45, 2.75) is 5.03 Å². The van der Waals surface area contributed by atoms with Crippen molar-refractivity contribution < 1.29 is 0 Å².